The Morgan fingerprint density at radius 2 is 1.79 bits per heavy atom. The number of sulfonamides is 1. The van der Waals surface area contributed by atoms with Crippen LogP contribution in [-0.2, 0) is 19.7 Å². The lowest BCUT2D eigenvalue weighted by Gasteiger charge is -2.44. The quantitative estimate of drug-likeness (QED) is 0.813. The first-order valence-corrected chi connectivity index (χ1v) is 9.17. The van der Waals surface area contributed by atoms with E-state index < -0.39 is 32.2 Å². The van der Waals surface area contributed by atoms with Crippen LogP contribution >= 0.6 is 0 Å². The molecule has 1 aromatic rings. The van der Waals surface area contributed by atoms with Gasteiger partial charge in [0.25, 0.3) is 0 Å². The van der Waals surface area contributed by atoms with Crippen LogP contribution < -0.4 is 0 Å². The van der Waals surface area contributed by atoms with Gasteiger partial charge in [0.1, 0.15) is 17.2 Å². The monoisotopic (exact) mass is 358 g/mol. The number of halogens is 2. The van der Waals surface area contributed by atoms with E-state index in [0.29, 0.717) is 18.5 Å². The summed E-state index contributed by atoms with van der Waals surface area (Å²) in [5, 5.41) is 1.34. The molecule has 24 heavy (non-hydrogen) atoms. The van der Waals surface area contributed by atoms with Gasteiger partial charge in [0.05, 0.1) is 17.9 Å². The highest BCUT2D eigenvalue weighted by Crippen LogP contribution is 2.40. The molecule has 130 valence electrons. The van der Waals surface area contributed by atoms with Gasteiger partial charge >= 0.3 is 0 Å². The van der Waals surface area contributed by atoms with Crippen molar-refractivity contribution in [1.82, 2.24) is 9.37 Å². The standard InChI is InChI=1S/C15H16F2N2O4S/c16-11-3-12(17)5-13(4-11)24(21,22)18-8-15(9-18)6-14(20)19(23-15)7-10-1-2-10/h3-5,10H,1-2,6-9H2. The largest absolute Gasteiger partial charge is 0.272 e. The number of amides is 1. The van der Waals surface area contributed by atoms with E-state index >= 15 is 0 Å². The fraction of sp³-hybridized carbons (Fsp3) is 0.533. The topological polar surface area (TPSA) is 66.9 Å². The Kier molecular flexibility index (Phi) is 3.45. The van der Waals surface area contributed by atoms with Crippen molar-refractivity contribution in [3.63, 3.8) is 0 Å². The van der Waals surface area contributed by atoms with Crippen LogP contribution in [0.1, 0.15) is 19.3 Å². The lowest BCUT2D eigenvalue weighted by molar-refractivity contribution is -0.225. The van der Waals surface area contributed by atoms with Gasteiger partial charge in [0, 0.05) is 19.2 Å². The highest BCUT2D eigenvalue weighted by molar-refractivity contribution is 7.89. The number of carbonyl (C=O) groups excluding carboxylic acids is 1. The van der Waals surface area contributed by atoms with Crippen LogP contribution in [0.3, 0.4) is 0 Å². The number of nitrogens with zero attached hydrogens (tertiary/aromatic N) is 2. The zero-order valence-electron chi connectivity index (χ0n) is 12.7. The molecule has 9 heteroatoms. The summed E-state index contributed by atoms with van der Waals surface area (Å²) in [6.45, 7) is 0.545. The molecule has 0 bridgehead atoms. The van der Waals surface area contributed by atoms with Crippen molar-refractivity contribution < 1.29 is 26.8 Å². The van der Waals surface area contributed by atoms with Crippen molar-refractivity contribution in [2.75, 3.05) is 19.6 Å². The summed E-state index contributed by atoms with van der Waals surface area (Å²) in [6, 6.07) is 2.18. The van der Waals surface area contributed by atoms with E-state index in [1.54, 1.807) is 0 Å². The fourth-order valence-corrected chi connectivity index (χ4v) is 4.75. The summed E-state index contributed by atoms with van der Waals surface area (Å²) in [5.41, 5.74) is -0.842. The maximum Gasteiger partial charge on any atom is 0.249 e. The van der Waals surface area contributed by atoms with Gasteiger partial charge in [-0.25, -0.2) is 22.3 Å². The molecule has 1 aliphatic carbocycles. The molecule has 2 saturated heterocycles. The van der Waals surface area contributed by atoms with E-state index in [1.165, 1.54) is 5.06 Å². The van der Waals surface area contributed by atoms with E-state index in [2.05, 4.69) is 0 Å². The summed E-state index contributed by atoms with van der Waals surface area (Å²) < 4.78 is 52.5. The average molecular weight is 358 g/mol. The SMILES string of the molecule is O=C1CC2(CN(S(=O)(=O)c3cc(F)cc(F)c3)C2)ON1CC1CC1. The minimum absolute atomic E-state index is 0.000369. The second-order valence-electron chi connectivity index (χ2n) is 6.73. The molecule has 0 atom stereocenters. The summed E-state index contributed by atoms with van der Waals surface area (Å²) in [4.78, 5) is 17.2. The molecule has 0 aromatic heterocycles. The molecule has 1 spiro atoms. The molecule has 0 N–H and O–H groups in total. The molecule has 4 rings (SSSR count). The highest BCUT2D eigenvalue weighted by atomic mass is 32.2. The third kappa shape index (κ3) is 2.70. The van der Waals surface area contributed by atoms with Crippen molar-refractivity contribution in [1.29, 1.82) is 0 Å². The Labute approximate surface area is 138 Å². The molecule has 1 amide bonds. The second-order valence-corrected chi connectivity index (χ2v) is 8.67. The number of rotatable bonds is 4. The first-order valence-electron chi connectivity index (χ1n) is 7.73. The zero-order valence-corrected chi connectivity index (χ0v) is 13.6. The van der Waals surface area contributed by atoms with Gasteiger partial charge in [0.15, 0.2) is 0 Å². The summed E-state index contributed by atoms with van der Waals surface area (Å²) in [5.74, 6) is -1.58. The van der Waals surface area contributed by atoms with E-state index in [1.807, 2.05) is 0 Å². The van der Waals surface area contributed by atoms with Crippen LogP contribution in [-0.4, -0.2) is 48.9 Å². The molecule has 3 aliphatic rings. The molecule has 0 unspecified atom stereocenters. The van der Waals surface area contributed by atoms with Crippen molar-refractivity contribution in [2.24, 2.45) is 5.92 Å². The van der Waals surface area contributed by atoms with Crippen LogP contribution in [0.25, 0.3) is 0 Å². The first-order chi connectivity index (χ1) is 11.3. The Morgan fingerprint density at radius 3 is 2.38 bits per heavy atom. The van der Waals surface area contributed by atoms with Gasteiger partial charge in [-0.15, -0.1) is 0 Å². The van der Waals surface area contributed by atoms with Gasteiger partial charge < -0.3 is 0 Å². The van der Waals surface area contributed by atoms with E-state index in [0.717, 1.165) is 29.3 Å². The summed E-state index contributed by atoms with van der Waals surface area (Å²) >= 11 is 0. The predicted octanol–water partition coefficient (Wildman–Crippen LogP) is 1.28. The average Bonchev–Trinajstić information content (AvgIpc) is 3.19. The Hall–Kier alpha value is -1.58. The number of hydrogen-bond acceptors (Lipinski definition) is 4. The molecule has 1 aromatic carbocycles. The maximum absolute atomic E-state index is 13.3. The van der Waals surface area contributed by atoms with Gasteiger partial charge in [-0.2, -0.15) is 4.31 Å². The molecular weight excluding hydrogens is 342 g/mol. The smallest absolute Gasteiger partial charge is 0.249 e. The predicted molar refractivity (Wildman–Crippen MR) is 78.0 cm³/mol. The second kappa shape index (κ2) is 5.21. The Morgan fingerprint density at radius 1 is 1.17 bits per heavy atom. The van der Waals surface area contributed by atoms with Gasteiger partial charge in [-0.3, -0.25) is 9.63 Å². The molecule has 6 nitrogen and oxygen atoms in total. The maximum atomic E-state index is 13.3. The lowest BCUT2D eigenvalue weighted by Crippen LogP contribution is -2.63. The van der Waals surface area contributed by atoms with Crippen molar-refractivity contribution in [3.8, 4) is 0 Å². The van der Waals surface area contributed by atoms with Crippen LogP contribution in [0.4, 0.5) is 8.78 Å². The van der Waals surface area contributed by atoms with Gasteiger partial charge in [0.2, 0.25) is 15.9 Å². The van der Waals surface area contributed by atoms with Crippen molar-refractivity contribution in [3.05, 3.63) is 29.8 Å². The molecule has 2 aliphatic heterocycles. The third-order valence-electron chi connectivity index (χ3n) is 4.58. The summed E-state index contributed by atoms with van der Waals surface area (Å²) in [7, 11) is -4.01. The Balaban J connectivity index is 1.47. The van der Waals surface area contributed by atoms with E-state index in [9.17, 15) is 22.0 Å². The van der Waals surface area contributed by atoms with E-state index in [-0.39, 0.29) is 25.4 Å². The Bertz CT molecular complexity index is 783. The van der Waals surface area contributed by atoms with Gasteiger partial charge in [-0.1, -0.05) is 0 Å². The van der Waals surface area contributed by atoms with Crippen LogP contribution in [0.15, 0.2) is 23.1 Å². The minimum atomic E-state index is -4.01. The molecular formula is C15H16F2N2O4S. The van der Waals surface area contributed by atoms with Gasteiger partial charge in [-0.05, 0) is 30.9 Å². The number of hydroxylamine groups is 2. The normalized spacial score (nSPS) is 23.8. The first kappa shape index (κ1) is 15.9. The molecule has 0 radical (unpaired) electrons. The number of benzene rings is 1. The van der Waals surface area contributed by atoms with Crippen LogP contribution in [0.5, 0.6) is 0 Å². The van der Waals surface area contributed by atoms with E-state index in [4.69, 9.17) is 4.84 Å². The minimum Gasteiger partial charge on any atom is -0.272 e. The van der Waals surface area contributed by atoms with Crippen molar-refractivity contribution in [2.45, 2.75) is 29.8 Å². The fourth-order valence-electron chi connectivity index (χ4n) is 3.12. The third-order valence-corrected chi connectivity index (χ3v) is 6.35. The molecule has 1 saturated carbocycles. The highest BCUT2D eigenvalue weighted by Gasteiger charge is 2.57. The molecule has 2 heterocycles. The number of hydrogen-bond donors (Lipinski definition) is 0. The van der Waals surface area contributed by atoms with Crippen LogP contribution in [0, 0.1) is 17.6 Å². The van der Waals surface area contributed by atoms with Crippen LogP contribution in [0.2, 0.25) is 0 Å². The lowest BCUT2D eigenvalue weighted by atomic mass is 9.94. The molecule has 3 fully saturated rings. The number of carbonyl (C=O) groups is 1. The van der Waals surface area contributed by atoms with Crippen molar-refractivity contribution >= 4 is 15.9 Å². The summed E-state index contributed by atoms with van der Waals surface area (Å²) in [6.07, 6.45) is 2.28. The zero-order chi connectivity index (χ0) is 17.1.